The van der Waals surface area contributed by atoms with Gasteiger partial charge < -0.3 is 10.0 Å². The van der Waals surface area contributed by atoms with Crippen LogP contribution < -0.4 is 4.90 Å². The summed E-state index contributed by atoms with van der Waals surface area (Å²) < 4.78 is 0. The van der Waals surface area contributed by atoms with Crippen molar-refractivity contribution in [3.8, 4) is 0 Å². The van der Waals surface area contributed by atoms with Crippen molar-refractivity contribution in [3.63, 3.8) is 0 Å². The summed E-state index contributed by atoms with van der Waals surface area (Å²) >= 11 is 0. The van der Waals surface area contributed by atoms with Crippen LogP contribution in [0.25, 0.3) is 0 Å². The molecule has 1 fully saturated rings. The maximum Gasteiger partial charge on any atom is 0.277 e. The minimum absolute atomic E-state index is 0.0977. The number of nitrogens with zero attached hydrogens (tertiary/aromatic N) is 3. The highest BCUT2D eigenvalue weighted by molar-refractivity contribution is 5.51. The number of hydrogen-bond donors (Lipinski definition) is 1. The first kappa shape index (κ1) is 12.8. The van der Waals surface area contributed by atoms with Crippen LogP contribution in [0.5, 0.6) is 0 Å². The maximum absolute atomic E-state index is 10.9. The molecule has 0 radical (unpaired) electrons. The van der Waals surface area contributed by atoms with E-state index in [4.69, 9.17) is 0 Å². The van der Waals surface area contributed by atoms with Gasteiger partial charge in [0.05, 0.1) is 17.1 Å². The molecule has 2 atom stereocenters. The van der Waals surface area contributed by atoms with Gasteiger partial charge in [0.15, 0.2) is 0 Å². The summed E-state index contributed by atoms with van der Waals surface area (Å²) in [4.78, 5) is 16.7. The number of aliphatic hydroxyl groups is 1. The molecular formula is C12H17N3O3. The van der Waals surface area contributed by atoms with Gasteiger partial charge in [-0.1, -0.05) is 0 Å². The molecule has 2 heterocycles. The zero-order valence-electron chi connectivity index (χ0n) is 10.5. The molecule has 0 aliphatic carbocycles. The molecule has 0 aromatic carbocycles. The summed E-state index contributed by atoms with van der Waals surface area (Å²) in [6, 6.07) is 1.51. The van der Waals surface area contributed by atoms with Gasteiger partial charge in [-0.3, -0.25) is 10.1 Å². The van der Waals surface area contributed by atoms with E-state index in [0.29, 0.717) is 17.9 Å². The molecule has 1 aliphatic rings. The summed E-state index contributed by atoms with van der Waals surface area (Å²) in [6.45, 7) is 4.93. The first-order chi connectivity index (χ1) is 8.49. The molecule has 2 rings (SSSR count). The fourth-order valence-electron chi connectivity index (χ4n) is 2.26. The topological polar surface area (TPSA) is 79.5 Å². The molecule has 18 heavy (non-hydrogen) atoms. The Morgan fingerprint density at radius 3 is 2.94 bits per heavy atom. The second-order valence-corrected chi connectivity index (χ2v) is 4.82. The van der Waals surface area contributed by atoms with Crippen LogP contribution in [-0.2, 0) is 0 Å². The van der Waals surface area contributed by atoms with Crippen LogP contribution in [0.15, 0.2) is 12.3 Å². The van der Waals surface area contributed by atoms with E-state index in [0.717, 1.165) is 13.0 Å². The lowest BCUT2D eigenvalue weighted by atomic mass is 10.0. The third-order valence-corrected chi connectivity index (χ3v) is 3.49. The number of pyridine rings is 1. The maximum atomic E-state index is 10.9. The monoisotopic (exact) mass is 251 g/mol. The SMILES string of the molecule is Cc1cnc(N2CCC(C(C)O)C2)cc1[N+](=O)[O-]. The van der Waals surface area contributed by atoms with Crippen LogP contribution in [0.1, 0.15) is 18.9 Å². The Morgan fingerprint density at radius 1 is 1.67 bits per heavy atom. The minimum atomic E-state index is -0.386. The van der Waals surface area contributed by atoms with Gasteiger partial charge in [-0.2, -0.15) is 0 Å². The molecule has 1 saturated heterocycles. The van der Waals surface area contributed by atoms with Gasteiger partial charge in [0.25, 0.3) is 5.69 Å². The summed E-state index contributed by atoms with van der Waals surface area (Å²) in [5.74, 6) is 0.836. The van der Waals surface area contributed by atoms with Crippen LogP contribution in [-0.4, -0.2) is 34.2 Å². The summed E-state index contributed by atoms with van der Waals surface area (Å²) in [5, 5.41) is 20.4. The highest BCUT2D eigenvalue weighted by Gasteiger charge is 2.27. The smallest absolute Gasteiger partial charge is 0.277 e. The number of aromatic nitrogens is 1. The summed E-state index contributed by atoms with van der Waals surface area (Å²) in [5.41, 5.74) is 0.663. The molecule has 98 valence electrons. The first-order valence-electron chi connectivity index (χ1n) is 6.03. The molecule has 1 aromatic rings. The van der Waals surface area contributed by atoms with E-state index in [1.54, 1.807) is 13.8 Å². The van der Waals surface area contributed by atoms with Gasteiger partial charge in [0.1, 0.15) is 5.82 Å². The molecule has 1 aliphatic heterocycles. The Labute approximate surface area is 105 Å². The third-order valence-electron chi connectivity index (χ3n) is 3.49. The lowest BCUT2D eigenvalue weighted by Gasteiger charge is -2.18. The fraction of sp³-hybridized carbons (Fsp3) is 0.583. The molecule has 0 bridgehead atoms. The number of nitro groups is 1. The van der Waals surface area contributed by atoms with Crippen LogP contribution in [0.3, 0.4) is 0 Å². The number of rotatable bonds is 3. The second kappa shape index (κ2) is 4.89. The molecule has 0 spiro atoms. The molecule has 1 N–H and O–H groups in total. The zero-order chi connectivity index (χ0) is 13.3. The molecule has 6 heteroatoms. The standard InChI is InChI=1S/C12H17N3O3/c1-8-6-13-12(5-11(8)15(17)18)14-4-3-10(7-14)9(2)16/h5-6,9-10,16H,3-4,7H2,1-2H3. The quantitative estimate of drug-likeness (QED) is 0.650. The van der Waals surface area contributed by atoms with E-state index in [2.05, 4.69) is 4.98 Å². The van der Waals surface area contributed by atoms with Crippen molar-refractivity contribution in [2.75, 3.05) is 18.0 Å². The fourth-order valence-corrected chi connectivity index (χ4v) is 2.26. The van der Waals surface area contributed by atoms with Gasteiger partial charge in [-0.05, 0) is 20.3 Å². The number of anilines is 1. The van der Waals surface area contributed by atoms with Crippen molar-refractivity contribution >= 4 is 11.5 Å². The summed E-state index contributed by atoms with van der Waals surface area (Å²) in [6.07, 6.45) is 2.07. The molecule has 1 aromatic heterocycles. The van der Waals surface area contributed by atoms with E-state index < -0.39 is 0 Å². The average Bonchev–Trinajstić information content (AvgIpc) is 2.78. The highest BCUT2D eigenvalue weighted by Crippen LogP contribution is 2.28. The predicted molar refractivity (Wildman–Crippen MR) is 67.6 cm³/mol. The normalized spacial score (nSPS) is 21.1. The molecule has 0 saturated carbocycles. The Kier molecular flexibility index (Phi) is 3.47. The first-order valence-corrected chi connectivity index (χ1v) is 6.03. The Hall–Kier alpha value is -1.69. The van der Waals surface area contributed by atoms with E-state index in [1.807, 2.05) is 4.90 Å². The van der Waals surface area contributed by atoms with Crippen molar-refractivity contribution in [2.24, 2.45) is 5.92 Å². The van der Waals surface area contributed by atoms with Crippen molar-refractivity contribution in [2.45, 2.75) is 26.4 Å². The van der Waals surface area contributed by atoms with Crippen LogP contribution >= 0.6 is 0 Å². The van der Waals surface area contributed by atoms with Crippen LogP contribution in [0, 0.1) is 23.0 Å². The van der Waals surface area contributed by atoms with Crippen molar-refractivity contribution in [1.29, 1.82) is 0 Å². The Balaban J connectivity index is 2.20. The van der Waals surface area contributed by atoms with Crippen LogP contribution in [0.2, 0.25) is 0 Å². The van der Waals surface area contributed by atoms with Crippen molar-refractivity contribution in [1.82, 2.24) is 4.98 Å². The van der Waals surface area contributed by atoms with E-state index in [1.165, 1.54) is 12.3 Å². The van der Waals surface area contributed by atoms with Gasteiger partial charge in [-0.25, -0.2) is 4.98 Å². The van der Waals surface area contributed by atoms with Gasteiger partial charge in [-0.15, -0.1) is 0 Å². The summed E-state index contributed by atoms with van der Waals surface area (Å²) in [7, 11) is 0. The van der Waals surface area contributed by atoms with E-state index >= 15 is 0 Å². The number of hydrogen-bond acceptors (Lipinski definition) is 5. The van der Waals surface area contributed by atoms with Gasteiger partial charge >= 0.3 is 0 Å². The molecule has 0 amide bonds. The predicted octanol–water partition coefficient (Wildman–Crippen LogP) is 1.51. The largest absolute Gasteiger partial charge is 0.393 e. The van der Waals surface area contributed by atoms with Crippen LogP contribution in [0.4, 0.5) is 11.5 Å². The second-order valence-electron chi connectivity index (χ2n) is 4.82. The molecular weight excluding hydrogens is 234 g/mol. The Bertz CT molecular complexity index is 462. The van der Waals surface area contributed by atoms with E-state index in [-0.39, 0.29) is 22.6 Å². The lowest BCUT2D eigenvalue weighted by Crippen LogP contribution is -2.24. The number of aryl methyl sites for hydroxylation is 1. The zero-order valence-corrected chi connectivity index (χ0v) is 10.5. The van der Waals surface area contributed by atoms with Gasteiger partial charge in [0, 0.05) is 30.8 Å². The number of aliphatic hydroxyl groups excluding tert-OH is 1. The molecule has 2 unspecified atom stereocenters. The average molecular weight is 251 g/mol. The van der Waals surface area contributed by atoms with Crippen molar-refractivity contribution in [3.05, 3.63) is 27.9 Å². The third kappa shape index (κ3) is 2.43. The lowest BCUT2D eigenvalue weighted by molar-refractivity contribution is -0.385. The Morgan fingerprint density at radius 2 is 2.39 bits per heavy atom. The molecule has 6 nitrogen and oxygen atoms in total. The highest BCUT2D eigenvalue weighted by atomic mass is 16.6. The van der Waals surface area contributed by atoms with E-state index in [9.17, 15) is 15.2 Å². The van der Waals surface area contributed by atoms with Gasteiger partial charge in [0.2, 0.25) is 0 Å². The minimum Gasteiger partial charge on any atom is -0.393 e. The van der Waals surface area contributed by atoms with Crippen molar-refractivity contribution < 1.29 is 10.0 Å².